The molecule has 1 fully saturated rings. The summed E-state index contributed by atoms with van der Waals surface area (Å²) in [5.41, 5.74) is 8.07. The Labute approximate surface area is 136 Å². The van der Waals surface area contributed by atoms with Gasteiger partial charge in [-0.25, -0.2) is 9.07 Å². The molecule has 2 heterocycles. The molecule has 1 aliphatic heterocycles. The van der Waals surface area contributed by atoms with E-state index in [9.17, 15) is 4.39 Å². The van der Waals surface area contributed by atoms with Crippen molar-refractivity contribution in [3.63, 3.8) is 0 Å². The molecule has 0 spiro atoms. The highest BCUT2D eigenvalue weighted by Gasteiger charge is 2.23. The van der Waals surface area contributed by atoms with Gasteiger partial charge < -0.3 is 5.73 Å². The fraction of sp³-hybridized carbons (Fsp3) is 0.438. The second-order valence-electron chi connectivity index (χ2n) is 5.88. The average molecular weight is 325 g/mol. The topological polar surface area (TPSA) is 47.1 Å². The highest BCUT2D eigenvalue weighted by Crippen LogP contribution is 2.19. The molecule has 120 valence electrons. The van der Waals surface area contributed by atoms with Gasteiger partial charge in [0, 0.05) is 31.9 Å². The molecule has 2 atom stereocenters. The van der Waals surface area contributed by atoms with Gasteiger partial charge in [0.2, 0.25) is 0 Å². The van der Waals surface area contributed by atoms with Crippen LogP contribution in [0.2, 0.25) is 0 Å². The SMILES string of the molecule is CC1CN(Cc2ccnn2-c2ccc(F)cc2)CCC1N.Cl. The normalized spacial score (nSPS) is 22.3. The zero-order chi connectivity index (χ0) is 14.8. The van der Waals surface area contributed by atoms with E-state index in [1.54, 1.807) is 18.3 Å². The fourth-order valence-electron chi connectivity index (χ4n) is 2.89. The summed E-state index contributed by atoms with van der Waals surface area (Å²) >= 11 is 0. The Morgan fingerprint density at radius 2 is 2.00 bits per heavy atom. The van der Waals surface area contributed by atoms with Gasteiger partial charge >= 0.3 is 0 Å². The van der Waals surface area contributed by atoms with Crippen LogP contribution in [0.3, 0.4) is 0 Å². The highest BCUT2D eigenvalue weighted by molar-refractivity contribution is 5.85. The van der Waals surface area contributed by atoms with Crippen LogP contribution in [0.15, 0.2) is 36.5 Å². The van der Waals surface area contributed by atoms with E-state index >= 15 is 0 Å². The number of rotatable bonds is 3. The van der Waals surface area contributed by atoms with Gasteiger partial charge in [-0.1, -0.05) is 6.92 Å². The summed E-state index contributed by atoms with van der Waals surface area (Å²) in [7, 11) is 0. The maximum absolute atomic E-state index is 13.0. The van der Waals surface area contributed by atoms with Crippen LogP contribution < -0.4 is 5.73 Å². The third kappa shape index (κ3) is 3.66. The Balaban J connectivity index is 0.00000176. The van der Waals surface area contributed by atoms with Gasteiger partial charge in [0.15, 0.2) is 0 Å². The summed E-state index contributed by atoms with van der Waals surface area (Å²) in [4.78, 5) is 2.41. The molecule has 3 rings (SSSR count). The summed E-state index contributed by atoms with van der Waals surface area (Å²) in [5.74, 6) is 0.284. The predicted octanol–water partition coefficient (Wildman–Crippen LogP) is 2.60. The molecule has 6 heteroatoms. The van der Waals surface area contributed by atoms with Gasteiger partial charge in [-0.15, -0.1) is 12.4 Å². The minimum absolute atomic E-state index is 0. The van der Waals surface area contributed by atoms with Crippen molar-refractivity contribution in [2.45, 2.75) is 25.9 Å². The Hall–Kier alpha value is -1.43. The van der Waals surface area contributed by atoms with Gasteiger partial charge in [0.05, 0.1) is 11.4 Å². The minimum atomic E-state index is -0.230. The van der Waals surface area contributed by atoms with E-state index < -0.39 is 0 Å². The molecule has 4 nitrogen and oxygen atoms in total. The molecule has 1 aromatic carbocycles. The quantitative estimate of drug-likeness (QED) is 0.944. The first-order valence-corrected chi connectivity index (χ1v) is 7.40. The number of hydrogen-bond acceptors (Lipinski definition) is 3. The minimum Gasteiger partial charge on any atom is -0.327 e. The van der Waals surface area contributed by atoms with Crippen molar-refractivity contribution in [3.05, 3.63) is 48.0 Å². The first kappa shape index (κ1) is 16.9. The van der Waals surface area contributed by atoms with E-state index in [-0.39, 0.29) is 18.2 Å². The largest absolute Gasteiger partial charge is 0.327 e. The molecule has 0 radical (unpaired) electrons. The van der Waals surface area contributed by atoms with Gasteiger partial charge in [0.25, 0.3) is 0 Å². The van der Waals surface area contributed by atoms with E-state index in [1.807, 2.05) is 10.7 Å². The lowest BCUT2D eigenvalue weighted by molar-refractivity contribution is 0.155. The summed E-state index contributed by atoms with van der Waals surface area (Å²) in [6.07, 6.45) is 2.82. The molecule has 2 unspecified atom stereocenters. The third-order valence-electron chi connectivity index (χ3n) is 4.23. The van der Waals surface area contributed by atoms with Crippen molar-refractivity contribution < 1.29 is 4.39 Å². The van der Waals surface area contributed by atoms with Crippen LogP contribution in [0.25, 0.3) is 5.69 Å². The molecule has 0 bridgehead atoms. The summed E-state index contributed by atoms with van der Waals surface area (Å²) in [6, 6.07) is 8.75. The van der Waals surface area contributed by atoms with Crippen LogP contribution in [0.4, 0.5) is 4.39 Å². The van der Waals surface area contributed by atoms with Crippen molar-refractivity contribution in [1.82, 2.24) is 14.7 Å². The second kappa shape index (κ2) is 7.22. The van der Waals surface area contributed by atoms with Gasteiger partial charge in [-0.3, -0.25) is 4.90 Å². The molecular weight excluding hydrogens is 303 g/mol. The fourth-order valence-corrected chi connectivity index (χ4v) is 2.89. The van der Waals surface area contributed by atoms with Crippen molar-refractivity contribution in [2.24, 2.45) is 11.7 Å². The van der Waals surface area contributed by atoms with Crippen LogP contribution in [0, 0.1) is 11.7 Å². The van der Waals surface area contributed by atoms with E-state index in [2.05, 4.69) is 16.9 Å². The summed E-state index contributed by atoms with van der Waals surface area (Å²) in [6.45, 7) is 5.07. The molecule has 1 saturated heterocycles. The third-order valence-corrected chi connectivity index (χ3v) is 4.23. The number of nitrogens with zero attached hydrogens (tertiary/aromatic N) is 3. The van der Waals surface area contributed by atoms with Gasteiger partial charge in [-0.05, 0) is 42.7 Å². The Bertz CT molecular complexity index is 598. The lowest BCUT2D eigenvalue weighted by atomic mass is 9.95. The molecule has 2 aromatic rings. The number of hydrogen-bond donors (Lipinski definition) is 1. The molecule has 2 N–H and O–H groups in total. The maximum atomic E-state index is 13.0. The monoisotopic (exact) mass is 324 g/mol. The number of benzene rings is 1. The second-order valence-corrected chi connectivity index (χ2v) is 5.88. The van der Waals surface area contributed by atoms with E-state index in [0.717, 1.165) is 37.4 Å². The van der Waals surface area contributed by atoms with Crippen molar-refractivity contribution in [3.8, 4) is 5.69 Å². The van der Waals surface area contributed by atoms with Crippen molar-refractivity contribution in [1.29, 1.82) is 0 Å². The lowest BCUT2D eigenvalue weighted by Crippen LogP contribution is -2.45. The molecule has 0 aliphatic carbocycles. The Morgan fingerprint density at radius 3 is 2.68 bits per heavy atom. The van der Waals surface area contributed by atoms with Crippen molar-refractivity contribution in [2.75, 3.05) is 13.1 Å². The smallest absolute Gasteiger partial charge is 0.123 e. The van der Waals surface area contributed by atoms with E-state index in [1.165, 1.54) is 12.1 Å². The van der Waals surface area contributed by atoms with Crippen LogP contribution in [0.5, 0.6) is 0 Å². The summed E-state index contributed by atoms with van der Waals surface area (Å²) in [5, 5.41) is 4.36. The number of halogens is 2. The standard InChI is InChI=1S/C16H21FN4.ClH/c1-12-10-20(9-7-16(12)18)11-15-6-8-19-21(15)14-4-2-13(17)3-5-14;/h2-6,8,12,16H,7,9-11,18H2,1H3;1H. The Morgan fingerprint density at radius 1 is 1.27 bits per heavy atom. The number of likely N-dealkylation sites (tertiary alicyclic amines) is 1. The average Bonchev–Trinajstić information content (AvgIpc) is 2.92. The van der Waals surface area contributed by atoms with E-state index in [0.29, 0.717) is 12.0 Å². The molecule has 0 amide bonds. The molecular formula is C16H22ClFN4. The van der Waals surface area contributed by atoms with Crippen LogP contribution >= 0.6 is 12.4 Å². The zero-order valence-corrected chi connectivity index (χ0v) is 13.5. The van der Waals surface area contributed by atoms with Crippen molar-refractivity contribution >= 4 is 12.4 Å². The van der Waals surface area contributed by atoms with E-state index in [4.69, 9.17) is 5.73 Å². The number of nitrogens with two attached hydrogens (primary N) is 1. The highest BCUT2D eigenvalue weighted by atomic mass is 35.5. The molecule has 1 aromatic heterocycles. The predicted molar refractivity (Wildman–Crippen MR) is 87.8 cm³/mol. The van der Waals surface area contributed by atoms with Gasteiger partial charge in [-0.2, -0.15) is 5.10 Å². The van der Waals surface area contributed by atoms with Crippen LogP contribution in [-0.4, -0.2) is 33.8 Å². The first-order valence-electron chi connectivity index (χ1n) is 7.40. The maximum Gasteiger partial charge on any atom is 0.123 e. The number of piperidine rings is 1. The molecule has 1 aliphatic rings. The molecule has 22 heavy (non-hydrogen) atoms. The lowest BCUT2D eigenvalue weighted by Gasteiger charge is -2.35. The molecule has 0 saturated carbocycles. The zero-order valence-electron chi connectivity index (χ0n) is 12.7. The first-order chi connectivity index (χ1) is 10.1. The number of aromatic nitrogens is 2. The van der Waals surface area contributed by atoms with Crippen LogP contribution in [0.1, 0.15) is 19.0 Å². The van der Waals surface area contributed by atoms with Crippen LogP contribution in [-0.2, 0) is 6.54 Å². The Kier molecular flexibility index (Phi) is 5.56. The summed E-state index contributed by atoms with van der Waals surface area (Å²) < 4.78 is 14.9. The van der Waals surface area contributed by atoms with Gasteiger partial charge in [0.1, 0.15) is 5.82 Å².